The van der Waals surface area contributed by atoms with Crippen molar-refractivity contribution in [1.29, 1.82) is 0 Å². The van der Waals surface area contributed by atoms with E-state index >= 15 is 0 Å². The summed E-state index contributed by atoms with van der Waals surface area (Å²) >= 11 is 1.39. The molecule has 0 radical (unpaired) electrons. The van der Waals surface area contributed by atoms with Gasteiger partial charge in [-0.1, -0.05) is 0 Å². The molecule has 1 heterocycles. The Hall–Kier alpha value is -1.22. The Morgan fingerprint density at radius 3 is 2.37 bits per heavy atom. The van der Waals surface area contributed by atoms with Crippen LogP contribution >= 0.6 is 22.6 Å². The Kier molecular flexibility index (Phi) is 4.20. The smallest absolute Gasteiger partial charge is 0.395 e. The third-order valence-electron chi connectivity index (χ3n) is 1.59. The number of hydrogen-bond acceptors (Lipinski definition) is 6. The number of halogens is 4. The van der Waals surface area contributed by atoms with Gasteiger partial charge in [-0.3, -0.25) is 0 Å². The Morgan fingerprint density at radius 1 is 1.47 bits per heavy atom. The van der Waals surface area contributed by atoms with Crippen LogP contribution in [-0.2, 0) is 10.0 Å². The molecule has 0 unspecified atom stereocenters. The lowest BCUT2D eigenvalue weighted by atomic mass is 10.4. The lowest BCUT2D eigenvalue weighted by Crippen LogP contribution is -2.22. The number of nitrogens with two attached hydrogens (primary N) is 1. The minimum absolute atomic E-state index is 0.233. The van der Waals surface area contributed by atoms with Crippen molar-refractivity contribution in [1.82, 2.24) is 4.98 Å². The highest BCUT2D eigenvalue weighted by Gasteiger charge is 2.39. The molecule has 0 aliphatic heterocycles. The summed E-state index contributed by atoms with van der Waals surface area (Å²) < 4.78 is 61.8. The van der Waals surface area contributed by atoms with E-state index in [0.29, 0.717) is 6.07 Å². The third-order valence-corrected chi connectivity index (χ3v) is 3.06. The van der Waals surface area contributed by atoms with Crippen molar-refractivity contribution >= 4 is 38.4 Å². The highest BCUT2D eigenvalue weighted by atomic mass is 127. The van der Waals surface area contributed by atoms with E-state index in [0.717, 1.165) is 0 Å². The Morgan fingerprint density at radius 2 is 2.00 bits per heavy atom. The second-order valence-electron chi connectivity index (χ2n) is 2.95. The van der Waals surface area contributed by atoms with Gasteiger partial charge in [0.25, 0.3) is 0 Å². The zero-order chi connectivity index (χ0) is 15.0. The number of primary sulfonamides is 1. The van der Waals surface area contributed by atoms with Crippen molar-refractivity contribution in [2.45, 2.75) is 11.3 Å². The predicted octanol–water partition coefficient (Wildman–Crippen LogP) is 1.14. The van der Waals surface area contributed by atoms with Crippen molar-refractivity contribution in [3.8, 4) is 5.75 Å². The van der Waals surface area contributed by atoms with Gasteiger partial charge < -0.3 is 14.9 Å². The maximum atomic E-state index is 12.1. The molecule has 19 heavy (non-hydrogen) atoms. The van der Waals surface area contributed by atoms with Crippen molar-refractivity contribution in [3.63, 3.8) is 0 Å². The molecule has 1 aromatic rings. The van der Waals surface area contributed by atoms with E-state index < -0.39 is 37.8 Å². The normalized spacial score (nSPS) is 12.3. The van der Waals surface area contributed by atoms with Crippen LogP contribution in [0.5, 0.6) is 5.75 Å². The minimum Gasteiger partial charge on any atom is -0.395 e. The maximum Gasteiger partial charge on any atom is 0.573 e. The molecule has 106 valence electrons. The van der Waals surface area contributed by atoms with Gasteiger partial charge in [0.15, 0.2) is 0 Å². The summed E-state index contributed by atoms with van der Waals surface area (Å²) in [5, 5.41) is 15.3. The molecular weight excluding hydrogens is 410 g/mol. The standard InChI is InChI=1S/C6H3F3IN3O5S/c7-6(8,9)18-4-2(19(11,16)17)1-3(10)12-5(4)13(14)15/h1H,(H2,11,16,17). The maximum absolute atomic E-state index is 12.1. The molecule has 1 aromatic heterocycles. The summed E-state index contributed by atoms with van der Waals surface area (Å²) in [5.74, 6) is -2.96. The van der Waals surface area contributed by atoms with Crippen LogP contribution in [0.2, 0.25) is 0 Å². The number of ether oxygens (including phenoxy) is 1. The Balaban J connectivity index is 3.67. The van der Waals surface area contributed by atoms with Crippen molar-refractivity contribution in [3.05, 3.63) is 19.9 Å². The molecule has 1 rings (SSSR count). The summed E-state index contributed by atoms with van der Waals surface area (Å²) in [6.07, 6.45) is -5.33. The number of alkyl halides is 3. The summed E-state index contributed by atoms with van der Waals surface area (Å²) in [5.41, 5.74) is 0. The number of sulfonamides is 1. The van der Waals surface area contributed by atoms with Crippen LogP contribution in [0.3, 0.4) is 0 Å². The number of pyridine rings is 1. The quantitative estimate of drug-likeness (QED) is 0.343. The van der Waals surface area contributed by atoms with Gasteiger partial charge in [0.05, 0.1) is 0 Å². The summed E-state index contributed by atoms with van der Waals surface area (Å²) in [4.78, 5) is 11.3. The van der Waals surface area contributed by atoms with Gasteiger partial charge in [-0.2, -0.15) is 0 Å². The van der Waals surface area contributed by atoms with Crippen LogP contribution in [0.15, 0.2) is 11.0 Å². The van der Waals surface area contributed by atoms with Gasteiger partial charge in [0.2, 0.25) is 19.5 Å². The molecule has 0 spiro atoms. The van der Waals surface area contributed by atoms with Gasteiger partial charge in [0, 0.05) is 28.7 Å². The van der Waals surface area contributed by atoms with E-state index in [4.69, 9.17) is 0 Å². The highest BCUT2D eigenvalue weighted by molar-refractivity contribution is 14.1. The van der Waals surface area contributed by atoms with Crippen LogP contribution in [0.4, 0.5) is 19.0 Å². The fourth-order valence-corrected chi connectivity index (χ4v) is 2.43. The average molecular weight is 413 g/mol. The highest BCUT2D eigenvalue weighted by Crippen LogP contribution is 2.36. The fraction of sp³-hybridized carbons (Fsp3) is 0.167. The first-order valence-corrected chi connectivity index (χ1v) is 6.68. The molecule has 0 atom stereocenters. The zero-order valence-corrected chi connectivity index (χ0v) is 11.5. The molecule has 0 aliphatic carbocycles. The predicted molar refractivity (Wildman–Crippen MR) is 61.7 cm³/mol. The number of hydrogen-bond donors (Lipinski definition) is 1. The minimum atomic E-state index is -5.33. The van der Waals surface area contributed by atoms with E-state index in [1.807, 2.05) is 0 Å². The number of nitrogens with zero attached hydrogens (tertiary/aromatic N) is 2. The molecule has 0 fully saturated rings. The monoisotopic (exact) mass is 413 g/mol. The molecule has 0 bridgehead atoms. The van der Waals surface area contributed by atoms with Gasteiger partial charge in [-0.25, -0.2) is 13.6 Å². The molecule has 0 aliphatic rings. The zero-order valence-electron chi connectivity index (χ0n) is 8.51. The first kappa shape index (κ1) is 15.8. The lowest BCUT2D eigenvalue weighted by molar-refractivity contribution is -0.393. The molecule has 13 heteroatoms. The average Bonchev–Trinajstić information content (AvgIpc) is 2.16. The summed E-state index contributed by atoms with van der Waals surface area (Å²) in [6, 6.07) is 0.629. The molecular formula is C6H3F3IN3O5S. The van der Waals surface area contributed by atoms with Gasteiger partial charge in [0.1, 0.15) is 4.90 Å². The number of rotatable bonds is 3. The van der Waals surface area contributed by atoms with Crippen LogP contribution < -0.4 is 9.88 Å². The van der Waals surface area contributed by atoms with E-state index in [-0.39, 0.29) is 3.70 Å². The lowest BCUT2D eigenvalue weighted by Gasteiger charge is -2.11. The Bertz CT molecular complexity index is 632. The van der Waals surface area contributed by atoms with Gasteiger partial charge in [-0.15, -0.1) is 13.2 Å². The van der Waals surface area contributed by atoms with E-state index in [2.05, 4.69) is 14.9 Å². The van der Waals surface area contributed by atoms with E-state index in [9.17, 15) is 31.7 Å². The van der Waals surface area contributed by atoms with E-state index in [1.165, 1.54) is 22.6 Å². The van der Waals surface area contributed by atoms with E-state index in [1.54, 1.807) is 0 Å². The topological polar surface area (TPSA) is 125 Å². The SMILES string of the molecule is NS(=O)(=O)c1cc(I)nc([N+](=O)[O-])c1OC(F)(F)F. The van der Waals surface area contributed by atoms with Crippen molar-refractivity contribution in [2.75, 3.05) is 0 Å². The van der Waals surface area contributed by atoms with Gasteiger partial charge >= 0.3 is 12.2 Å². The second-order valence-corrected chi connectivity index (χ2v) is 5.58. The summed E-state index contributed by atoms with van der Waals surface area (Å²) in [6.45, 7) is 0. The molecule has 0 aromatic carbocycles. The molecule has 0 saturated carbocycles. The van der Waals surface area contributed by atoms with Crippen LogP contribution in [0.25, 0.3) is 0 Å². The second kappa shape index (κ2) is 5.04. The molecule has 2 N–H and O–H groups in total. The fourth-order valence-electron chi connectivity index (χ4n) is 1.01. The third kappa shape index (κ3) is 4.13. The number of nitro groups is 1. The van der Waals surface area contributed by atoms with Crippen molar-refractivity contribution < 1.29 is 31.2 Å². The first-order chi connectivity index (χ1) is 8.42. The first-order valence-electron chi connectivity index (χ1n) is 4.05. The molecule has 0 amide bonds. The van der Waals surface area contributed by atoms with Crippen LogP contribution in [-0.4, -0.2) is 24.7 Å². The van der Waals surface area contributed by atoms with Crippen molar-refractivity contribution in [2.24, 2.45) is 5.14 Å². The van der Waals surface area contributed by atoms with Gasteiger partial charge in [-0.05, 0) is 9.91 Å². The van der Waals surface area contributed by atoms with Crippen LogP contribution in [0.1, 0.15) is 0 Å². The van der Waals surface area contributed by atoms with Crippen LogP contribution in [0, 0.1) is 13.8 Å². The summed E-state index contributed by atoms with van der Waals surface area (Å²) in [7, 11) is -4.66. The number of aromatic nitrogens is 1. The Labute approximate surface area is 117 Å². The molecule has 8 nitrogen and oxygen atoms in total. The largest absolute Gasteiger partial charge is 0.573 e. The molecule has 0 saturated heterocycles.